The molecular weight excluding hydrogens is 381 g/mol. The normalized spacial score (nSPS) is 18.0. The monoisotopic (exact) mass is 396 g/mol. The van der Waals surface area contributed by atoms with E-state index in [4.69, 9.17) is 13.0 Å². The molecule has 1 saturated heterocycles. The molecule has 3 rings (SSSR count). The van der Waals surface area contributed by atoms with Gasteiger partial charge in [-0.2, -0.15) is 33.4 Å². The number of rotatable bonds is 1. The molecule has 0 aliphatic carbocycles. The van der Waals surface area contributed by atoms with E-state index in [0.717, 1.165) is 10.8 Å². The Kier molecular flexibility index (Phi) is 5.75. The Balaban J connectivity index is 0.000000242. The van der Waals surface area contributed by atoms with Crippen LogP contribution in [0.25, 0.3) is 10.8 Å². The maximum absolute atomic E-state index is 10.7. The maximum atomic E-state index is 10.7. The minimum absolute atomic E-state index is 0.257. The first-order valence-corrected chi connectivity index (χ1v) is 9.59. The second kappa shape index (κ2) is 7.30. The summed E-state index contributed by atoms with van der Waals surface area (Å²) < 4.78 is 57.5. The summed E-state index contributed by atoms with van der Waals surface area (Å²) in [6, 6.07) is 8.90. The highest BCUT2D eigenvalue weighted by atomic mass is 32.2. The average molecular weight is 396 g/mol. The summed E-state index contributed by atoms with van der Waals surface area (Å²) in [6.45, 7) is 0. The maximum Gasteiger partial charge on any atom is 0.522 e. The van der Waals surface area contributed by atoms with Crippen molar-refractivity contribution in [2.75, 3.05) is 5.75 Å². The highest BCUT2D eigenvalue weighted by Gasteiger charge is 2.44. The predicted molar refractivity (Wildman–Crippen MR) is 89.3 cm³/mol. The van der Waals surface area contributed by atoms with Crippen LogP contribution < -0.4 is 0 Å². The molecule has 3 N–H and O–H groups in total. The lowest BCUT2D eigenvalue weighted by atomic mass is 9.99. The molecule has 5 nitrogen and oxygen atoms in total. The average Bonchev–Trinajstić information content (AvgIpc) is 3.00. The minimum Gasteiger partial charge on any atom is -0.508 e. The van der Waals surface area contributed by atoms with Gasteiger partial charge < -0.3 is 10.2 Å². The minimum atomic E-state index is -5.84. The molecule has 0 amide bonds. The molecule has 0 saturated carbocycles. The molecule has 25 heavy (non-hydrogen) atoms. The topological polar surface area (TPSA) is 94.8 Å². The van der Waals surface area contributed by atoms with E-state index in [-0.39, 0.29) is 11.5 Å². The molecule has 2 aromatic rings. The van der Waals surface area contributed by atoms with Crippen LogP contribution in [0.4, 0.5) is 13.2 Å². The fourth-order valence-corrected chi connectivity index (χ4v) is 3.78. The lowest BCUT2D eigenvalue weighted by molar-refractivity contribution is -0.0510. The Morgan fingerprint density at radius 3 is 2.24 bits per heavy atom. The zero-order valence-electron chi connectivity index (χ0n) is 12.7. The molecule has 138 valence electrons. The van der Waals surface area contributed by atoms with E-state index >= 15 is 0 Å². The van der Waals surface area contributed by atoms with Gasteiger partial charge in [0.2, 0.25) is 0 Å². The van der Waals surface area contributed by atoms with Crippen LogP contribution in [-0.4, -0.2) is 34.4 Å². The summed E-state index contributed by atoms with van der Waals surface area (Å²) in [4.78, 5) is 0. The van der Waals surface area contributed by atoms with Gasteiger partial charge in [0.1, 0.15) is 11.5 Å². The van der Waals surface area contributed by atoms with Crippen LogP contribution in [0.3, 0.4) is 0 Å². The number of hydrogen-bond acceptors (Lipinski definition) is 5. The molecule has 1 fully saturated rings. The summed E-state index contributed by atoms with van der Waals surface area (Å²) >= 11 is 1.96. The van der Waals surface area contributed by atoms with Crippen molar-refractivity contribution in [1.29, 1.82) is 0 Å². The standard InChI is InChI=1S/C14H14O2S.CHF3O3S/c15-9-3-4-10-12(8-9)11(5-6-13(10)16)14-2-1-7-17-14;2-1(3,4)8(5,6)7/h3-6,8,14-16H,1-2,7H2;(H,5,6,7). The first-order valence-electron chi connectivity index (χ1n) is 7.10. The Hall–Kier alpha value is -1.65. The van der Waals surface area contributed by atoms with E-state index in [1.165, 1.54) is 24.2 Å². The van der Waals surface area contributed by atoms with E-state index in [0.29, 0.717) is 5.25 Å². The number of thioether (sulfide) groups is 1. The fourth-order valence-electron chi connectivity index (χ4n) is 2.45. The fraction of sp³-hybridized carbons (Fsp3) is 0.333. The van der Waals surface area contributed by atoms with Crippen molar-refractivity contribution >= 4 is 32.7 Å². The van der Waals surface area contributed by atoms with Gasteiger partial charge in [0.05, 0.1) is 0 Å². The number of fused-ring (bicyclic) bond motifs is 1. The Bertz CT molecular complexity index is 859. The number of phenols is 2. The van der Waals surface area contributed by atoms with Gasteiger partial charge in [-0.3, -0.25) is 4.55 Å². The Morgan fingerprint density at radius 2 is 1.72 bits per heavy atom. The van der Waals surface area contributed by atoms with Crippen molar-refractivity contribution in [3.63, 3.8) is 0 Å². The summed E-state index contributed by atoms with van der Waals surface area (Å²) in [5.41, 5.74) is -4.30. The van der Waals surface area contributed by atoms with Crippen LogP contribution in [0.15, 0.2) is 30.3 Å². The molecule has 2 aromatic carbocycles. The van der Waals surface area contributed by atoms with E-state index < -0.39 is 15.6 Å². The molecule has 0 aromatic heterocycles. The van der Waals surface area contributed by atoms with E-state index in [9.17, 15) is 23.4 Å². The van der Waals surface area contributed by atoms with Crippen LogP contribution in [0.5, 0.6) is 11.5 Å². The largest absolute Gasteiger partial charge is 0.522 e. The van der Waals surface area contributed by atoms with Crippen molar-refractivity contribution < 1.29 is 36.4 Å². The first-order chi connectivity index (χ1) is 11.5. The van der Waals surface area contributed by atoms with E-state index in [1.54, 1.807) is 24.3 Å². The van der Waals surface area contributed by atoms with Gasteiger partial charge in [-0.25, -0.2) is 0 Å². The van der Waals surface area contributed by atoms with Crippen molar-refractivity contribution in [2.24, 2.45) is 0 Å². The van der Waals surface area contributed by atoms with Gasteiger partial charge >= 0.3 is 15.6 Å². The first kappa shape index (κ1) is 19.7. The van der Waals surface area contributed by atoms with Gasteiger partial charge in [0, 0.05) is 10.6 Å². The van der Waals surface area contributed by atoms with Crippen LogP contribution in [0.2, 0.25) is 0 Å². The quantitative estimate of drug-likeness (QED) is 0.494. The Labute approximate surface area is 146 Å². The van der Waals surface area contributed by atoms with E-state index in [1.807, 2.05) is 17.8 Å². The number of phenolic OH excluding ortho intramolecular Hbond substituents is 2. The molecule has 1 atom stereocenters. The second-order valence-corrected chi connectivity index (χ2v) is 8.05. The SMILES string of the molecule is O=S(=O)(O)C(F)(F)F.Oc1ccc2c(O)ccc(C3CCCS3)c2c1. The van der Waals surface area contributed by atoms with Gasteiger partial charge in [-0.1, -0.05) is 6.07 Å². The molecule has 1 aliphatic heterocycles. The Morgan fingerprint density at radius 1 is 1.08 bits per heavy atom. The highest BCUT2D eigenvalue weighted by Crippen LogP contribution is 2.44. The number of benzene rings is 2. The lowest BCUT2D eigenvalue weighted by Gasteiger charge is -2.13. The lowest BCUT2D eigenvalue weighted by Crippen LogP contribution is -2.21. The molecule has 10 heteroatoms. The highest BCUT2D eigenvalue weighted by molar-refractivity contribution is 7.99. The summed E-state index contributed by atoms with van der Waals surface area (Å²) in [7, 11) is -5.84. The molecule has 0 radical (unpaired) electrons. The molecular formula is C15H15F3O5S2. The molecule has 1 aliphatic rings. The summed E-state index contributed by atoms with van der Waals surface area (Å²) in [6.07, 6.45) is 2.43. The molecule has 0 bridgehead atoms. The molecule has 0 spiro atoms. The van der Waals surface area contributed by atoms with Crippen molar-refractivity contribution in [1.82, 2.24) is 0 Å². The van der Waals surface area contributed by atoms with Crippen molar-refractivity contribution in [3.05, 3.63) is 35.9 Å². The van der Waals surface area contributed by atoms with Gasteiger partial charge in [0.25, 0.3) is 0 Å². The zero-order valence-corrected chi connectivity index (χ0v) is 14.3. The number of hydrogen-bond donors (Lipinski definition) is 3. The van der Waals surface area contributed by atoms with Crippen LogP contribution in [0, 0.1) is 0 Å². The molecule has 1 heterocycles. The van der Waals surface area contributed by atoms with Gasteiger partial charge in [-0.05, 0) is 53.8 Å². The van der Waals surface area contributed by atoms with Gasteiger partial charge in [-0.15, -0.1) is 0 Å². The predicted octanol–water partition coefficient (Wildman–Crippen LogP) is 4.21. The smallest absolute Gasteiger partial charge is 0.508 e. The van der Waals surface area contributed by atoms with Crippen LogP contribution >= 0.6 is 11.8 Å². The second-order valence-electron chi connectivity index (χ2n) is 5.33. The summed E-state index contributed by atoms with van der Waals surface area (Å²) in [5.74, 6) is 1.74. The van der Waals surface area contributed by atoms with Gasteiger partial charge in [0.15, 0.2) is 0 Å². The zero-order chi connectivity index (χ0) is 18.8. The van der Waals surface area contributed by atoms with Crippen molar-refractivity contribution in [3.8, 4) is 11.5 Å². The molecule has 1 unspecified atom stereocenters. The van der Waals surface area contributed by atoms with Crippen molar-refractivity contribution in [2.45, 2.75) is 23.6 Å². The van der Waals surface area contributed by atoms with Crippen LogP contribution in [-0.2, 0) is 10.1 Å². The van der Waals surface area contributed by atoms with E-state index in [2.05, 4.69) is 0 Å². The van der Waals surface area contributed by atoms with Crippen LogP contribution in [0.1, 0.15) is 23.7 Å². The number of halogens is 3. The summed E-state index contributed by atoms with van der Waals surface area (Å²) in [5, 5.41) is 21.7. The third kappa shape index (κ3) is 4.71. The number of aromatic hydroxyl groups is 2. The third-order valence-electron chi connectivity index (χ3n) is 3.58. The third-order valence-corrected chi connectivity index (χ3v) is 5.58. The number of alkyl halides is 3.